The highest BCUT2D eigenvalue weighted by Crippen LogP contribution is 2.30. The third kappa shape index (κ3) is 4.35. The second-order valence-corrected chi connectivity index (χ2v) is 5.64. The molecule has 0 amide bonds. The van der Waals surface area contributed by atoms with Crippen LogP contribution in [0.3, 0.4) is 0 Å². The van der Waals surface area contributed by atoms with Gasteiger partial charge in [-0.25, -0.2) is 0 Å². The van der Waals surface area contributed by atoms with E-state index in [1.807, 2.05) is 18.2 Å². The number of allylic oxidation sites excluding steroid dienone is 1. The van der Waals surface area contributed by atoms with Gasteiger partial charge < -0.3 is 5.11 Å². The summed E-state index contributed by atoms with van der Waals surface area (Å²) in [6.07, 6.45) is 12.3. The van der Waals surface area contributed by atoms with Crippen molar-refractivity contribution in [1.82, 2.24) is 0 Å². The van der Waals surface area contributed by atoms with Crippen LogP contribution >= 0.6 is 0 Å². The van der Waals surface area contributed by atoms with Crippen LogP contribution in [0.5, 0.6) is 0 Å². The van der Waals surface area contributed by atoms with Gasteiger partial charge in [0, 0.05) is 0 Å². The van der Waals surface area contributed by atoms with Crippen molar-refractivity contribution in [2.45, 2.75) is 58.0 Å². The molecule has 108 valence electrons. The van der Waals surface area contributed by atoms with E-state index in [-0.39, 0.29) is 6.10 Å². The lowest BCUT2D eigenvalue weighted by molar-refractivity contribution is 0.200. The predicted molar refractivity (Wildman–Crippen MR) is 86.5 cm³/mol. The van der Waals surface area contributed by atoms with E-state index in [4.69, 9.17) is 0 Å². The Morgan fingerprint density at radius 2 is 1.95 bits per heavy atom. The van der Waals surface area contributed by atoms with Crippen molar-refractivity contribution in [3.63, 3.8) is 0 Å². The van der Waals surface area contributed by atoms with Gasteiger partial charge in [0.05, 0.1) is 6.10 Å². The fourth-order valence-corrected chi connectivity index (χ4v) is 2.81. The van der Waals surface area contributed by atoms with Gasteiger partial charge in [0.15, 0.2) is 0 Å². The second kappa shape index (κ2) is 8.06. The summed E-state index contributed by atoms with van der Waals surface area (Å²) in [4.78, 5) is 0. The summed E-state index contributed by atoms with van der Waals surface area (Å²) in [6.45, 7) is 2.24. The monoisotopic (exact) mass is 270 g/mol. The Bertz CT molecular complexity index is 456. The van der Waals surface area contributed by atoms with Crippen molar-refractivity contribution in [3.05, 3.63) is 53.1 Å². The standard InChI is InChI=1S/C19H26O/c1-2-3-4-8-12-17-13-9-14-19(20)18(17)15-16-10-6-5-7-11-16/h5-7,10-11,13,15,19-20H,2-4,8-9,12,14H2,1H3. The fraction of sp³-hybridized carbons (Fsp3) is 0.474. The number of hydrogen-bond donors (Lipinski definition) is 1. The average Bonchev–Trinajstić information content (AvgIpc) is 2.48. The molecule has 0 aliphatic heterocycles. The van der Waals surface area contributed by atoms with E-state index >= 15 is 0 Å². The lowest BCUT2D eigenvalue weighted by Gasteiger charge is -2.23. The lowest BCUT2D eigenvalue weighted by Crippen LogP contribution is -2.16. The van der Waals surface area contributed by atoms with Crippen molar-refractivity contribution in [1.29, 1.82) is 0 Å². The zero-order valence-corrected chi connectivity index (χ0v) is 12.5. The van der Waals surface area contributed by atoms with E-state index in [9.17, 15) is 5.11 Å². The molecule has 1 heteroatoms. The molecule has 0 heterocycles. The Kier molecular flexibility index (Phi) is 6.07. The van der Waals surface area contributed by atoms with Crippen LogP contribution in [-0.2, 0) is 0 Å². The summed E-state index contributed by atoms with van der Waals surface area (Å²) in [6, 6.07) is 10.3. The van der Waals surface area contributed by atoms with Gasteiger partial charge >= 0.3 is 0 Å². The Labute approximate surface area is 123 Å². The maximum absolute atomic E-state index is 10.3. The molecule has 20 heavy (non-hydrogen) atoms. The summed E-state index contributed by atoms with van der Waals surface area (Å²) < 4.78 is 0. The minimum absolute atomic E-state index is 0.290. The van der Waals surface area contributed by atoms with Gasteiger partial charge in [-0.15, -0.1) is 0 Å². The van der Waals surface area contributed by atoms with Crippen LogP contribution in [0.4, 0.5) is 0 Å². The van der Waals surface area contributed by atoms with E-state index in [2.05, 4.69) is 31.2 Å². The zero-order chi connectivity index (χ0) is 14.2. The molecule has 0 aromatic heterocycles. The first-order valence-electron chi connectivity index (χ1n) is 7.95. The number of rotatable bonds is 6. The molecule has 0 saturated heterocycles. The largest absolute Gasteiger partial charge is 0.388 e. The first-order valence-corrected chi connectivity index (χ1v) is 7.95. The molecule has 1 atom stereocenters. The van der Waals surface area contributed by atoms with E-state index in [1.54, 1.807) is 0 Å². The Balaban J connectivity index is 2.08. The molecule has 0 bridgehead atoms. The minimum Gasteiger partial charge on any atom is -0.388 e. The predicted octanol–water partition coefficient (Wildman–Crippen LogP) is 5.12. The molecule has 2 rings (SSSR count). The Morgan fingerprint density at radius 3 is 2.70 bits per heavy atom. The molecular weight excluding hydrogens is 244 g/mol. The molecule has 0 fully saturated rings. The molecular formula is C19H26O. The summed E-state index contributed by atoms with van der Waals surface area (Å²) in [5.41, 5.74) is 3.69. The van der Waals surface area contributed by atoms with Gasteiger partial charge in [-0.1, -0.05) is 62.6 Å². The average molecular weight is 270 g/mol. The normalized spacial score (nSPS) is 21.0. The molecule has 0 radical (unpaired) electrons. The van der Waals surface area contributed by atoms with E-state index in [0.29, 0.717) is 0 Å². The molecule has 1 aromatic rings. The van der Waals surface area contributed by atoms with Gasteiger partial charge in [0.1, 0.15) is 0 Å². The quantitative estimate of drug-likeness (QED) is 0.711. The van der Waals surface area contributed by atoms with Gasteiger partial charge in [-0.2, -0.15) is 0 Å². The highest BCUT2D eigenvalue weighted by molar-refractivity contribution is 5.60. The van der Waals surface area contributed by atoms with Crippen molar-refractivity contribution in [2.24, 2.45) is 0 Å². The Morgan fingerprint density at radius 1 is 1.15 bits per heavy atom. The number of hydrogen-bond acceptors (Lipinski definition) is 1. The van der Waals surface area contributed by atoms with Crippen LogP contribution < -0.4 is 0 Å². The van der Waals surface area contributed by atoms with Gasteiger partial charge in [-0.05, 0) is 48.5 Å². The molecule has 0 spiro atoms. The summed E-state index contributed by atoms with van der Waals surface area (Å²) >= 11 is 0. The fourth-order valence-electron chi connectivity index (χ4n) is 2.81. The molecule has 1 aliphatic rings. The summed E-state index contributed by atoms with van der Waals surface area (Å²) in [5, 5.41) is 10.3. The van der Waals surface area contributed by atoms with Crippen LogP contribution in [0, 0.1) is 0 Å². The van der Waals surface area contributed by atoms with Crippen molar-refractivity contribution >= 4 is 6.08 Å². The third-order valence-electron chi connectivity index (χ3n) is 3.98. The topological polar surface area (TPSA) is 20.2 Å². The molecule has 1 N–H and O–H groups in total. The highest BCUT2D eigenvalue weighted by atomic mass is 16.3. The summed E-state index contributed by atoms with van der Waals surface area (Å²) in [7, 11) is 0. The SMILES string of the molecule is CCCCCCC1=CCCC(O)C1=Cc1ccccc1. The van der Waals surface area contributed by atoms with Crippen LogP contribution in [0.2, 0.25) is 0 Å². The smallest absolute Gasteiger partial charge is 0.0795 e. The number of benzene rings is 1. The van der Waals surface area contributed by atoms with Gasteiger partial charge in [0.25, 0.3) is 0 Å². The van der Waals surface area contributed by atoms with E-state index in [0.717, 1.165) is 24.8 Å². The van der Waals surface area contributed by atoms with E-state index < -0.39 is 0 Å². The van der Waals surface area contributed by atoms with Crippen LogP contribution in [0.15, 0.2) is 47.6 Å². The van der Waals surface area contributed by atoms with Crippen LogP contribution in [0.1, 0.15) is 57.4 Å². The zero-order valence-electron chi connectivity index (χ0n) is 12.5. The number of aliphatic hydroxyl groups is 1. The summed E-state index contributed by atoms with van der Waals surface area (Å²) in [5.74, 6) is 0. The third-order valence-corrected chi connectivity index (χ3v) is 3.98. The molecule has 1 nitrogen and oxygen atoms in total. The Hall–Kier alpha value is -1.34. The molecule has 1 aliphatic carbocycles. The first-order chi connectivity index (χ1) is 9.81. The number of unbranched alkanes of at least 4 members (excludes halogenated alkanes) is 3. The van der Waals surface area contributed by atoms with Crippen molar-refractivity contribution in [3.8, 4) is 0 Å². The lowest BCUT2D eigenvalue weighted by atomic mass is 9.86. The molecule has 0 saturated carbocycles. The second-order valence-electron chi connectivity index (χ2n) is 5.64. The maximum Gasteiger partial charge on any atom is 0.0795 e. The van der Waals surface area contributed by atoms with E-state index in [1.165, 1.54) is 36.8 Å². The minimum atomic E-state index is -0.290. The van der Waals surface area contributed by atoms with Crippen LogP contribution in [-0.4, -0.2) is 11.2 Å². The van der Waals surface area contributed by atoms with Crippen LogP contribution in [0.25, 0.3) is 6.08 Å². The highest BCUT2D eigenvalue weighted by Gasteiger charge is 2.18. The first kappa shape index (κ1) is 15.1. The molecule has 1 aromatic carbocycles. The number of aliphatic hydroxyl groups excluding tert-OH is 1. The maximum atomic E-state index is 10.3. The van der Waals surface area contributed by atoms with Crippen molar-refractivity contribution < 1.29 is 5.11 Å². The van der Waals surface area contributed by atoms with Crippen molar-refractivity contribution in [2.75, 3.05) is 0 Å². The molecule has 1 unspecified atom stereocenters. The van der Waals surface area contributed by atoms with Gasteiger partial charge in [-0.3, -0.25) is 0 Å². The van der Waals surface area contributed by atoms with Gasteiger partial charge in [0.2, 0.25) is 0 Å².